The van der Waals surface area contributed by atoms with Gasteiger partial charge in [-0.25, -0.2) is 0 Å². The average molecular weight is 313 g/mol. The van der Waals surface area contributed by atoms with Crippen molar-refractivity contribution in [2.75, 3.05) is 13.6 Å². The lowest BCUT2D eigenvalue weighted by Crippen LogP contribution is -2.36. The Morgan fingerprint density at radius 1 is 1.39 bits per heavy atom. The standard InChI is InChI=1S/C17H23N5O/c1-4-7-15-21-16(23-22-15)14-9-6-8-13(11-14)12-20-17(18-3)19-10-5-2/h5-6,8-9,11H,2,4,7,10,12H2,1,3H3,(H2,18,19,20). The predicted molar refractivity (Wildman–Crippen MR) is 92.1 cm³/mol. The highest BCUT2D eigenvalue weighted by atomic mass is 16.5. The molecule has 0 bridgehead atoms. The normalized spacial score (nSPS) is 11.3. The van der Waals surface area contributed by atoms with Crippen molar-refractivity contribution < 1.29 is 4.52 Å². The first-order valence-corrected chi connectivity index (χ1v) is 7.74. The predicted octanol–water partition coefficient (Wildman–Crippen LogP) is 2.54. The highest BCUT2D eigenvalue weighted by Gasteiger charge is 2.08. The Morgan fingerprint density at radius 2 is 2.26 bits per heavy atom. The van der Waals surface area contributed by atoms with Crippen LogP contribution >= 0.6 is 0 Å². The summed E-state index contributed by atoms with van der Waals surface area (Å²) in [6.07, 6.45) is 3.62. The van der Waals surface area contributed by atoms with Crippen LogP contribution in [0.5, 0.6) is 0 Å². The van der Waals surface area contributed by atoms with Gasteiger partial charge in [0.2, 0.25) is 0 Å². The molecule has 6 nitrogen and oxygen atoms in total. The highest BCUT2D eigenvalue weighted by Crippen LogP contribution is 2.18. The van der Waals surface area contributed by atoms with Gasteiger partial charge < -0.3 is 15.2 Å². The maximum Gasteiger partial charge on any atom is 0.257 e. The number of rotatable bonds is 7. The van der Waals surface area contributed by atoms with Crippen LogP contribution < -0.4 is 10.6 Å². The second-order valence-electron chi connectivity index (χ2n) is 5.06. The maximum absolute atomic E-state index is 5.33. The van der Waals surface area contributed by atoms with E-state index in [2.05, 4.69) is 39.3 Å². The van der Waals surface area contributed by atoms with E-state index < -0.39 is 0 Å². The van der Waals surface area contributed by atoms with Crippen LogP contribution in [0.1, 0.15) is 24.7 Å². The zero-order chi connectivity index (χ0) is 16.5. The Balaban J connectivity index is 2.02. The molecule has 0 radical (unpaired) electrons. The molecule has 0 amide bonds. The molecule has 0 aliphatic heterocycles. The third kappa shape index (κ3) is 4.95. The van der Waals surface area contributed by atoms with Crippen LogP contribution in [0.3, 0.4) is 0 Å². The van der Waals surface area contributed by atoms with Gasteiger partial charge >= 0.3 is 0 Å². The van der Waals surface area contributed by atoms with Gasteiger partial charge in [0.15, 0.2) is 11.8 Å². The largest absolute Gasteiger partial charge is 0.353 e. The van der Waals surface area contributed by atoms with Crippen LogP contribution in [0.25, 0.3) is 11.5 Å². The number of hydrogen-bond donors (Lipinski definition) is 2. The molecule has 0 fully saturated rings. The van der Waals surface area contributed by atoms with Crippen LogP contribution in [0.2, 0.25) is 0 Å². The lowest BCUT2D eigenvalue weighted by Gasteiger charge is -2.10. The topological polar surface area (TPSA) is 75.3 Å². The van der Waals surface area contributed by atoms with Crippen molar-refractivity contribution in [2.45, 2.75) is 26.3 Å². The SMILES string of the molecule is C=CCNC(=NC)NCc1cccc(-c2nc(CCC)no2)c1. The molecule has 23 heavy (non-hydrogen) atoms. The molecule has 1 aromatic carbocycles. The number of aromatic nitrogens is 2. The molecule has 0 unspecified atom stereocenters. The summed E-state index contributed by atoms with van der Waals surface area (Å²) < 4.78 is 5.33. The molecule has 6 heteroatoms. The molecule has 1 aromatic heterocycles. The van der Waals surface area contributed by atoms with Crippen molar-refractivity contribution in [1.29, 1.82) is 0 Å². The Kier molecular flexibility index (Phi) is 6.35. The average Bonchev–Trinajstić information content (AvgIpc) is 3.04. The lowest BCUT2D eigenvalue weighted by atomic mass is 10.1. The van der Waals surface area contributed by atoms with Crippen molar-refractivity contribution in [1.82, 2.24) is 20.8 Å². The Morgan fingerprint density at radius 3 is 3.00 bits per heavy atom. The number of aliphatic imine (C=N–C) groups is 1. The second-order valence-corrected chi connectivity index (χ2v) is 5.06. The van der Waals surface area contributed by atoms with E-state index in [1.54, 1.807) is 13.1 Å². The third-order valence-electron chi connectivity index (χ3n) is 3.21. The Labute approximate surface area is 136 Å². The van der Waals surface area contributed by atoms with Crippen molar-refractivity contribution in [3.05, 3.63) is 48.3 Å². The first-order chi connectivity index (χ1) is 11.3. The number of aryl methyl sites for hydroxylation is 1. The first kappa shape index (κ1) is 16.7. The lowest BCUT2D eigenvalue weighted by molar-refractivity contribution is 0.422. The quantitative estimate of drug-likeness (QED) is 0.467. The summed E-state index contributed by atoms with van der Waals surface area (Å²) in [6.45, 7) is 7.09. The fourth-order valence-corrected chi connectivity index (χ4v) is 2.09. The zero-order valence-electron chi connectivity index (χ0n) is 13.7. The van der Waals surface area contributed by atoms with E-state index in [9.17, 15) is 0 Å². The molecular formula is C17H23N5O. The van der Waals surface area contributed by atoms with Gasteiger partial charge in [-0.2, -0.15) is 4.98 Å². The monoisotopic (exact) mass is 313 g/mol. The van der Waals surface area contributed by atoms with E-state index in [0.717, 1.165) is 35.8 Å². The summed E-state index contributed by atoms with van der Waals surface area (Å²) in [7, 11) is 1.74. The minimum absolute atomic E-state index is 0.560. The molecule has 1 heterocycles. The van der Waals surface area contributed by atoms with E-state index >= 15 is 0 Å². The second kappa shape index (κ2) is 8.73. The van der Waals surface area contributed by atoms with Crippen molar-refractivity contribution in [2.24, 2.45) is 4.99 Å². The van der Waals surface area contributed by atoms with Crippen LogP contribution in [0, 0.1) is 0 Å². The van der Waals surface area contributed by atoms with Crippen LogP contribution in [0.4, 0.5) is 0 Å². The molecule has 2 aromatic rings. The van der Waals surface area contributed by atoms with E-state index in [0.29, 0.717) is 19.0 Å². The third-order valence-corrected chi connectivity index (χ3v) is 3.21. The molecule has 0 aliphatic rings. The number of benzene rings is 1. The summed E-state index contributed by atoms with van der Waals surface area (Å²) in [5, 5.41) is 10.4. The summed E-state index contributed by atoms with van der Waals surface area (Å²) in [4.78, 5) is 8.57. The summed E-state index contributed by atoms with van der Waals surface area (Å²) in [5.74, 6) is 2.04. The van der Waals surface area contributed by atoms with Crippen molar-refractivity contribution in [3.63, 3.8) is 0 Å². The number of guanidine groups is 1. The van der Waals surface area contributed by atoms with Gasteiger partial charge in [-0.1, -0.05) is 30.3 Å². The van der Waals surface area contributed by atoms with E-state index in [1.807, 2.05) is 24.3 Å². The molecule has 0 spiro atoms. The van der Waals surface area contributed by atoms with Crippen molar-refractivity contribution >= 4 is 5.96 Å². The molecule has 2 N–H and O–H groups in total. The molecule has 0 aliphatic carbocycles. The van der Waals surface area contributed by atoms with Crippen LogP contribution in [-0.4, -0.2) is 29.7 Å². The van der Waals surface area contributed by atoms with Gasteiger partial charge in [-0.15, -0.1) is 6.58 Å². The van der Waals surface area contributed by atoms with E-state index in [-0.39, 0.29) is 0 Å². The molecular weight excluding hydrogens is 290 g/mol. The van der Waals surface area contributed by atoms with Gasteiger partial charge in [0.05, 0.1) is 0 Å². The van der Waals surface area contributed by atoms with Gasteiger partial charge in [-0.3, -0.25) is 4.99 Å². The zero-order valence-corrected chi connectivity index (χ0v) is 13.7. The van der Waals surface area contributed by atoms with Gasteiger partial charge in [-0.05, 0) is 24.1 Å². The van der Waals surface area contributed by atoms with Crippen LogP contribution in [-0.2, 0) is 13.0 Å². The fraction of sp³-hybridized carbons (Fsp3) is 0.353. The minimum Gasteiger partial charge on any atom is -0.353 e. The van der Waals surface area contributed by atoms with Crippen molar-refractivity contribution in [3.8, 4) is 11.5 Å². The molecule has 0 saturated heterocycles. The molecule has 0 saturated carbocycles. The van der Waals surface area contributed by atoms with Gasteiger partial charge in [0, 0.05) is 32.1 Å². The van der Waals surface area contributed by atoms with Crippen LogP contribution in [0.15, 0.2) is 46.4 Å². The summed E-state index contributed by atoms with van der Waals surface area (Å²) in [5.41, 5.74) is 2.03. The molecule has 122 valence electrons. The maximum atomic E-state index is 5.33. The summed E-state index contributed by atoms with van der Waals surface area (Å²) >= 11 is 0. The number of nitrogens with zero attached hydrogens (tertiary/aromatic N) is 3. The minimum atomic E-state index is 0.560. The fourth-order valence-electron chi connectivity index (χ4n) is 2.09. The summed E-state index contributed by atoms with van der Waals surface area (Å²) in [6, 6.07) is 8.03. The Hall–Kier alpha value is -2.63. The molecule has 2 rings (SSSR count). The number of hydrogen-bond acceptors (Lipinski definition) is 4. The van der Waals surface area contributed by atoms with E-state index in [1.165, 1.54) is 0 Å². The van der Waals surface area contributed by atoms with E-state index in [4.69, 9.17) is 4.52 Å². The smallest absolute Gasteiger partial charge is 0.257 e. The first-order valence-electron chi connectivity index (χ1n) is 7.74. The number of nitrogens with one attached hydrogen (secondary N) is 2. The molecule has 0 atom stereocenters. The van der Waals surface area contributed by atoms with Gasteiger partial charge in [0.1, 0.15) is 0 Å². The Bertz CT molecular complexity index is 663. The van der Waals surface area contributed by atoms with Gasteiger partial charge in [0.25, 0.3) is 5.89 Å². The highest BCUT2D eigenvalue weighted by molar-refractivity contribution is 5.79.